The number of likely N-dealkylation sites (N-methyl/N-ethyl adjacent to an activating group) is 1. The third-order valence-corrected chi connectivity index (χ3v) is 7.88. The fourth-order valence-corrected chi connectivity index (χ4v) is 6.17. The van der Waals surface area contributed by atoms with Gasteiger partial charge in [0, 0.05) is 38.1 Å². The number of anilines is 1. The van der Waals surface area contributed by atoms with Crippen LogP contribution < -0.4 is 4.90 Å². The molecule has 1 amide bonds. The Morgan fingerprint density at radius 2 is 2.03 bits per heavy atom. The van der Waals surface area contributed by atoms with E-state index in [1.165, 1.54) is 28.1 Å². The molecule has 0 saturated carbocycles. The van der Waals surface area contributed by atoms with Gasteiger partial charge < -0.3 is 14.4 Å². The summed E-state index contributed by atoms with van der Waals surface area (Å²) in [6.07, 6.45) is 6.04. The molecule has 3 atom stereocenters. The largest absolute Gasteiger partial charge is 0.444 e. The highest BCUT2D eigenvalue weighted by Gasteiger charge is 2.37. The third-order valence-electron chi connectivity index (χ3n) is 7.88. The molecule has 200 valence electrons. The zero-order valence-electron chi connectivity index (χ0n) is 23.1. The number of benzene rings is 1. The summed E-state index contributed by atoms with van der Waals surface area (Å²) in [6, 6.07) is 11.1. The van der Waals surface area contributed by atoms with E-state index >= 15 is 0 Å². The molecule has 2 aliphatic heterocycles. The minimum atomic E-state index is -0.536. The van der Waals surface area contributed by atoms with Crippen LogP contribution in [-0.2, 0) is 28.9 Å². The van der Waals surface area contributed by atoms with Crippen LogP contribution in [0.1, 0.15) is 69.0 Å². The first-order valence-corrected chi connectivity index (χ1v) is 13.8. The fraction of sp³-hybridized carbons (Fsp3) is 0.600. The van der Waals surface area contributed by atoms with Crippen molar-refractivity contribution in [1.82, 2.24) is 14.8 Å². The van der Waals surface area contributed by atoms with Crippen LogP contribution in [0.2, 0.25) is 0 Å². The van der Waals surface area contributed by atoms with Gasteiger partial charge in [-0.3, -0.25) is 14.8 Å². The topological polar surface area (TPSA) is 58.1 Å². The number of ether oxygens (including phenoxy) is 2. The van der Waals surface area contributed by atoms with Gasteiger partial charge >= 0.3 is 6.09 Å². The molecule has 1 aliphatic carbocycles. The summed E-state index contributed by atoms with van der Waals surface area (Å²) in [4.78, 5) is 25.1. The number of carbonyl (C=O) groups is 1. The zero-order chi connectivity index (χ0) is 26.2. The summed E-state index contributed by atoms with van der Waals surface area (Å²) in [5.74, 6) is 0. The number of aromatic nitrogens is 1. The number of amides is 1. The molecular formula is C30H42N4O3. The van der Waals surface area contributed by atoms with Crippen LogP contribution in [0.25, 0.3) is 0 Å². The number of nitrogens with zero attached hydrogens (tertiary/aromatic N) is 4. The van der Waals surface area contributed by atoms with E-state index in [1.807, 2.05) is 37.9 Å². The molecule has 37 heavy (non-hydrogen) atoms. The van der Waals surface area contributed by atoms with Crippen LogP contribution in [0.5, 0.6) is 0 Å². The van der Waals surface area contributed by atoms with Crippen molar-refractivity contribution in [3.05, 3.63) is 58.9 Å². The highest BCUT2D eigenvalue weighted by molar-refractivity contribution is 5.70. The lowest BCUT2D eigenvalue weighted by molar-refractivity contribution is 0.00644. The van der Waals surface area contributed by atoms with Crippen LogP contribution in [0.15, 0.2) is 36.5 Å². The summed E-state index contributed by atoms with van der Waals surface area (Å²) in [5.41, 5.74) is 5.87. The monoisotopic (exact) mass is 506 g/mol. The molecule has 3 heterocycles. The molecule has 2 aromatic rings. The van der Waals surface area contributed by atoms with Crippen molar-refractivity contribution in [1.29, 1.82) is 0 Å². The van der Waals surface area contributed by atoms with E-state index in [1.54, 1.807) is 0 Å². The Hall–Kier alpha value is -2.64. The predicted molar refractivity (Wildman–Crippen MR) is 146 cm³/mol. The van der Waals surface area contributed by atoms with E-state index in [0.717, 1.165) is 51.9 Å². The predicted octanol–water partition coefficient (Wildman–Crippen LogP) is 4.98. The molecule has 0 N–H and O–H groups in total. The normalized spacial score (nSPS) is 24.0. The Balaban J connectivity index is 1.44. The van der Waals surface area contributed by atoms with Crippen molar-refractivity contribution in [3.8, 4) is 0 Å². The van der Waals surface area contributed by atoms with Gasteiger partial charge in [-0.15, -0.1) is 0 Å². The van der Waals surface area contributed by atoms with E-state index < -0.39 is 5.60 Å². The van der Waals surface area contributed by atoms with Crippen molar-refractivity contribution in [3.63, 3.8) is 0 Å². The van der Waals surface area contributed by atoms with Gasteiger partial charge in [-0.1, -0.05) is 18.2 Å². The van der Waals surface area contributed by atoms with Gasteiger partial charge in [0.25, 0.3) is 0 Å². The molecule has 7 nitrogen and oxygen atoms in total. The first-order valence-electron chi connectivity index (χ1n) is 13.8. The highest BCUT2D eigenvalue weighted by atomic mass is 16.6. The lowest BCUT2D eigenvalue weighted by Crippen LogP contribution is -2.52. The molecule has 1 saturated heterocycles. The standard InChI is InChI=1S/C30H42N4O3/c1-21-18-33(15-16-36-21)26-12-7-10-23-19-34(29(35)37-30(2,3)4)24(17-25(23)26)20-32(5)27-13-6-9-22-11-8-14-31-28(22)27/h7-8,10-12,14,21,24,27H,6,9,13,15-20H2,1-5H3/t21-,24+,27-/m0/s1. The molecule has 3 aliphatic rings. The molecule has 1 fully saturated rings. The van der Waals surface area contributed by atoms with E-state index in [2.05, 4.69) is 48.0 Å². The SMILES string of the molecule is C[C@H]1CN(c2cccc3c2C[C@H](CN(C)[C@H]2CCCc4cccnc42)N(C(=O)OC(C)(C)C)C3)CCO1. The Morgan fingerprint density at radius 1 is 1.22 bits per heavy atom. The lowest BCUT2D eigenvalue weighted by Gasteiger charge is -2.43. The van der Waals surface area contributed by atoms with E-state index in [-0.39, 0.29) is 24.3 Å². The number of fused-ring (bicyclic) bond motifs is 2. The Labute approximate surface area is 221 Å². The number of hydrogen-bond acceptors (Lipinski definition) is 6. The first kappa shape index (κ1) is 26.0. The molecule has 0 unspecified atom stereocenters. The minimum Gasteiger partial charge on any atom is -0.444 e. The Bertz CT molecular complexity index is 1110. The quantitative estimate of drug-likeness (QED) is 0.583. The average Bonchev–Trinajstić information content (AvgIpc) is 2.86. The lowest BCUT2D eigenvalue weighted by atomic mass is 9.89. The summed E-state index contributed by atoms with van der Waals surface area (Å²) >= 11 is 0. The molecular weight excluding hydrogens is 464 g/mol. The van der Waals surface area contributed by atoms with Crippen LogP contribution in [-0.4, -0.2) is 71.9 Å². The molecule has 1 aromatic carbocycles. The smallest absolute Gasteiger partial charge is 0.410 e. The summed E-state index contributed by atoms with van der Waals surface area (Å²) in [5, 5.41) is 0. The number of hydrogen-bond donors (Lipinski definition) is 0. The van der Waals surface area contributed by atoms with Crippen LogP contribution in [0.4, 0.5) is 10.5 Å². The second kappa shape index (κ2) is 10.6. The van der Waals surface area contributed by atoms with Crippen molar-refractivity contribution in [2.75, 3.05) is 38.2 Å². The minimum absolute atomic E-state index is 0.0149. The maximum absolute atomic E-state index is 13.5. The fourth-order valence-electron chi connectivity index (χ4n) is 6.17. The molecule has 0 radical (unpaired) electrons. The van der Waals surface area contributed by atoms with Gasteiger partial charge in [0.1, 0.15) is 5.60 Å². The number of pyridine rings is 1. The van der Waals surface area contributed by atoms with Crippen molar-refractivity contribution < 1.29 is 14.3 Å². The van der Waals surface area contributed by atoms with Gasteiger partial charge in [0.05, 0.1) is 30.5 Å². The van der Waals surface area contributed by atoms with Gasteiger partial charge in [0.2, 0.25) is 0 Å². The Kier molecular flexibility index (Phi) is 7.46. The maximum Gasteiger partial charge on any atom is 0.410 e. The first-order chi connectivity index (χ1) is 17.7. The number of carbonyl (C=O) groups excluding carboxylic acids is 1. The van der Waals surface area contributed by atoms with Crippen molar-refractivity contribution in [2.24, 2.45) is 0 Å². The summed E-state index contributed by atoms with van der Waals surface area (Å²) in [7, 11) is 2.19. The van der Waals surface area contributed by atoms with Crippen LogP contribution >= 0.6 is 0 Å². The van der Waals surface area contributed by atoms with Gasteiger partial charge in [-0.2, -0.15) is 0 Å². The van der Waals surface area contributed by atoms with Crippen molar-refractivity contribution >= 4 is 11.8 Å². The zero-order valence-corrected chi connectivity index (χ0v) is 23.1. The third kappa shape index (κ3) is 5.78. The second-order valence-electron chi connectivity index (χ2n) is 11.9. The Morgan fingerprint density at radius 3 is 2.81 bits per heavy atom. The van der Waals surface area contributed by atoms with Crippen LogP contribution in [0.3, 0.4) is 0 Å². The number of rotatable bonds is 4. The van der Waals surface area contributed by atoms with E-state index in [4.69, 9.17) is 14.5 Å². The number of morpholine rings is 1. The van der Waals surface area contributed by atoms with Crippen LogP contribution in [0, 0.1) is 0 Å². The van der Waals surface area contributed by atoms with Crippen molar-refractivity contribution in [2.45, 2.75) is 83.7 Å². The second-order valence-corrected chi connectivity index (χ2v) is 11.9. The molecule has 1 aromatic heterocycles. The molecule has 0 bridgehead atoms. The summed E-state index contributed by atoms with van der Waals surface area (Å²) in [6.45, 7) is 11.8. The molecule has 7 heteroatoms. The maximum atomic E-state index is 13.5. The molecule has 5 rings (SSSR count). The number of aryl methyl sites for hydroxylation is 1. The average molecular weight is 507 g/mol. The van der Waals surface area contributed by atoms with Gasteiger partial charge in [0.15, 0.2) is 0 Å². The van der Waals surface area contributed by atoms with E-state index in [9.17, 15) is 4.79 Å². The molecule has 0 spiro atoms. The van der Waals surface area contributed by atoms with Gasteiger partial charge in [-0.25, -0.2) is 4.79 Å². The van der Waals surface area contributed by atoms with Gasteiger partial charge in [-0.05, 0) is 89.2 Å². The van der Waals surface area contributed by atoms with E-state index in [0.29, 0.717) is 6.54 Å². The highest BCUT2D eigenvalue weighted by Crippen LogP contribution is 2.36. The summed E-state index contributed by atoms with van der Waals surface area (Å²) < 4.78 is 11.7.